The maximum atomic E-state index is 11.9. The summed E-state index contributed by atoms with van der Waals surface area (Å²) in [6.45, 7) is 3.02. The molecule has 1 aromatic rings. The Morgan fingerprint density at radius 2 is 1.86 bits per heavy atom. The summed E-state index contributed by atoms with van der Waals surface area (Å²) in [5.74, 6) is 0.0533. The zero-order valence-corrected chi connectivity index (χ0v) is 14.7. The van der Waals surface area contributed by atoms with Crippen LogP contribution in [0.3, 0.4) is 0 Å². The first-order valence-corrected chi connectivity index (χ1v) is 10.6. The fraction of sp³-hybridized carbons (Fsp3) is 0.222. The van der Waals surface area contributed by atoms with Gasteiger partial charge in [-0.05, 0) is 0 Å². The molecule has 1 aromatic carbocycles. The average molecular weight is 407 g/mol. The van der Waals surface area contributed by atoms with Gasteiger partial charge in [-0.3, -0.25) is 0 Å². The number of para-hydroxylation sites is 1. The Balaban J connectivity index is 1.98. The maximum absolute atomic E-state index is 11.9. The molecule has 3 nitrogen and oxygen atoms in total. The predicted octanol–water partition coefficient (Wildman–Crippen LogP) is 3.04. The topological polar surface area (TPSA) is 37.4 Å². The normalized spacial score (nSPS) is 19.6. The molecule has 2 aliphatic rings. The fourth-order valence-electron chi connectivity index (χ4n) is 2.64. The number of hydrogen-bond acceptors (Lipinski definition) is 3. The third-order valence-electron chi connectivity index (χ3n) is 3.80. The number of fused-ring (bicyclic) bond motifs is 1. The van der Waals surface area contributed by atoms with E-state index in [0.29, 0.717) is 14.5 Å². The van der Waals surface area contributed by atoms with Crippen LogP contribution in [0, 0.1) is 0 Å². The molecular weight excluding hydrogens is 390 g/mol. The van der Waals surface area contributed by atoms with Crippen LogP contribution in [0.4, 0.5) is 5.69 Å². The molecule has 2 aliphatic heterocycles. The van der Waals surface area contributed by atoms with Crippen LogP contribution in [-0.4, -0.2) is 39.0 Å². The molecule has 1 saturated heterocycles. The van der Waals surface area contributed by atoms with Gasteiger partial charge >= 0.3 is 140 Å². The van der Waals surface area contributed by atoms with Gasteiger partial charge in [0.15, 0.2) is 0 Å². The molecule has 4 heteroatoms. The molecule has 22 heavy (non-hydrogen) atoms. The van der Waals surface area contributed by atoms with E-state index >= 15 is 0 Å². The number of hydrogen-bond donors (Lipinski definition) is 0. The van der Waals surface area contributed by atoms with Crippen molar-refractivity contribution in [1.82, 2.24) is 0 Å². The van der Waals surface area contributed by atoms with Gasteiger partial charge in [-0.15, -0.1) is 0 Å². The minimum atomic E-state index is -0.422. The molecule has 1 fully saturated rings. The summed E-state index contributed by atoms with van der Waals surface area (Å²) in [5.41, 5.74) is 3.71. The second-order valence-electron chi connectivity index (χ2n) is 5.16. The van der Waals surface area contributed by atoms with Crippen molar-refractivity contribution in [3.63, 3.8) is 0 Å². The van der Waals surface area contributed by atoms with E-state index < -0.39 is 20.9 Å². The van der Waals surface area contributed by atoms with Crippen LogP contribution in [0.25, 0.3) is 5.57 Å². The molecule has 0 bridgehead atoms. The number of carbonyl (C=O) groups excluding carboxylic acids is 2. The molecule has 3 rings (SSSR count). The number of Topliss-reactive ketones (excluding diaryl/α,β-unsaturated/α-hetero) is 2. The first-order chi connectivity index (χ1) is 10.7. The van der Waals surface area contributed by atoms with Gasteiger partial charge in [0.05, 0.1) is 0 Å². The summed E-state index contributed by atoms with van der Waals surface area (Å²) in [6, 6.07) is 8.19. The minimum absolute atomic E-state index is 0.0266. The summed E-state index contributed by atoms with van der Waals surface area (Å²) in [5, 5.41) is 0. The molecule has 0 aliphatic carbocycles. The van der Waals surface area contributed by atoms with E-state index in [0.717, 1.165) is 23.4 Å². The molecule has 0 amide bonds. The Morgan fingerprint density at radius 1 is 1.14 bits per heavy atom. The Morgan fingerprint density at radius 3 is 2.59 bits per heavy atom. The van der Waals surface area contributed by atoms with Crippen molar-refractivity contribution < 1.29 is 9.59 Å². The molecular formula is C18H17NO2Te. The van der Waals surface area contributed by atoms with Gasteiger partial charge in [-0.2, -0.15) is 0 Å². The first kappa shape index (κ1) is 15.3. The van der Waals surface area contributed by atoms with Gasteiger partial charge in [-0.25, -0.2) is 0 Å². The second-order valence-corrected chi connectivity index (χ2v) is 7.97. The number of ketones is 2. The molecule has 0 unspecified atom stereocenters. The number of rotatable bonds is 2. The van der Waals surface area contributed by atoms with Crippen LogP contribution in [0.2, 0.25) is 8.94 Å². The van der Waals surface area contributed by atoms with Crippen LogP contribution >= 0.6 is 0 Å². The molecule has 112 valence electrons. The number of nitrogens with zero attached hydrogens (tertiary/aromatic N) is 1. The van der Waals surface area contributed by atoms with E-state index in [2.05, 4.69) is 24.0 Å². The summed E-state index contributed by atoms with van der Waals surface area (Å²) in [6.07, 6.45) is 7.70. The van der Waals surface area contributed by atoms with Gasteiger partial charge in [0.1, 0.15) is 0 Å². The third kappa shape index (κ3) is 2.95. The first-order valence-electron chi connectivity index (χ1n) is 7.31. The van der Waals surface area contributed by atoms with E-state index in [-0.39, 0.29) is 11.6 Å². The Labute approximate surface area is 140 Å². The van der Waals surface area contributed by atoms with Gasteiger partial charge < -0.3 is 0 Å². The molecule has 2 heterocycles. The zero-order valence-electron chi connectivity index (χ0n) is 12.4. The molecule has 0 radical (unpaired) electrons. The van der Waals surface area contributed by atoms with E-state index in [9.17, 15) is 9.59 Å². The van der Waals surface area contributed by atoms with Crippen LogP contribution < -0.4 is 4.90 Å². The molecule has 0 aromatic heterocycles. The van der Waals surface area contributed by atoms with E-state index in [1.165, 1.54) is 0 Å². The van der Waals surface area contributed by atoms with Gasteiger partial charge in [0, 0.05) is 0 Å². The van der Waals surface area contributed by atoms with E-state index in [4.69, 9.17) is 0 Å². The van der Waals surface area contributed by atoms with Crippen LogP contribution in [-0.2, 0) is 9.59 Å². The number of anilines is 1. The fourth-order valence-corrected chi connectivity index (χ4v) is 4.87. The average Bonchev–Trinajstić information content (AvgIpc) is 2.54. The van der Waals surface area contributed by atoms with Gasteiger partial charge in [0.2, 0.25) is 0 Å². The van der Waals surface area contributed by atoms with Gasteiger partial charge in [0.25, 0.3) is 0 Å². The van der Waals surface area contributed by atoms with Crippen molar-refractivity contribution in [2.24, 2.45) is 0 Å². The van der Waals surface area contributed by atoms with Gasteiger partial charge in [-0.1, -0.05) is 0 Å². The number of carbonyl (C=O) groups is 2. The molecule has 0 spiro atoms. The Kier molecular flexibility index (Phi) is 4.61. The van der Waals surface area contributed by atoms with E-state index in [1.807, 2.05) is 30.5 Å². The van der Waals surface area contributed by atoms with Crippen molar-refractivity contribution in [3.8, 4) is 0 Å². The van der Waals surface area contributed by atoms with Crippen LogP contribution in [0.15, 0.2) is 54.3 Å². The third-order valence-corrected chi connectivity index (χ3v) is 6.46. The second kappa shape index (κ2) is 6.64. The Hall–Kier alpha value is -1.63. The summed E-state index contributed by atoms with van der Waals surface area (Å²) in [7, 11) is 0. The van der Waals surface area contributed by atoms with Crippen LogP contribution in [0.1, 0.15) is 12.5 Å². The van der Waals surface area contributed by atoms with Crippen molar-refractivity contribution in [1.29, 1.82) is 0 Å². The van der Waals surface area contributed by atoms with Crippen LogP contribution in [0.5, 0.6) is 0 Å². The summed E-state index contributed by atoms with van der Waals surface area (Å²) < 4.78 is 1.23. The zero-order chi connectivity index (χ0) is 15.5. The molecule has 0 atom stereocenters. The monoisotopic (exact) mass is 409 g/mol. The predicted molar refractivity (Wildman–Crippen MR) is 90.0 cm³/mol. The number of allylic oxidation sites excluding steroid dienone is 5. The van der Waals surface area contributed by atoms with Crippen molar-refractivity contribution in [3.05, 3.63) is 59.8 Å². The summed E-state index contributed by atoms with van der Waals surface area (Å²) >= 11 is -0.422. The Bertz CT molecular complexity index is 698. The van der Waals surface area contributed by atoms with Crippen molar-refractivity contribution in [2.45, 2.75) is 15.9 Å². The molecule has 0 saturated carbocycles. The number of benzene rings is 1. The standard InChI is InChI=1S/C18H17NO2Te/c1-2-19-10-9-13(14-5-3-4-6-16(14)19)7-8-15-17(20)11-22-12-18(15)21/h3-10H,2,11-12H2,1H3. The quantitative estimate of drug-likeness (QED) is 0.430. The SMILES string of the molecule is CCN1C=CC(=CC=C2C(=O)C[Te]CC2=O)c2ccccc21. The summed E-state index contributed by atoms with van der Waals surface area (Å²) in [4.78, 5) is 26.0. The van der Waals surface area contributed by atoms with E-state index in [1.54, 1.807) is 6.08 Å². The van der Waals surface area contributed by atoms with Crippen molar-refractivity contribution >= 4 is 43.8 Å². The van der Waals surface area contributed by atoms with Crippen molar-refractivity contribution in [2.75, 3.05) is 11.4 Å². The molecule has 0 N–H and O–H groups in total.